The fourth-order valence-electron chi connectivity index (χ4n) is 1.71. The molecule has 2 aromatic heterocycles. The van der Waals surface area contributed by atoms with Crippen molar-refractivity contribution in [1.29, 1.82) is 0 Å². The molecule has 2 heterocycles. The third kappa shape index (κ3) is 4.60. The Balaban J connectivity index is 1.82. The van der Waals surface area contributed by atoms with Gasteiger partial charge in [0, 0.05) is 24.7 Å². The number of carbonyl (C=O) groups excluding carboxylic acids is 1. The lowest BCUT2D eigenvalue weighted by atomic mass is 10.3. The van der Waals surface area contributed by atoms with Crippen LogP contribution in [0.2, 0.25) is 0 Å². The van der Waals surface area contributed by atoms with E-state index in [-0.39, 0.29) is 12.6 Å². The second-order valence-corrected chi connectivity index (χ2v) is 5.53. The van der Waals surface area contributed by atoms with E-state index in [2.05, 4.69) is 10.4 Å². The number of carbonyl (C=O) groups is 2. The third-order valence-electron chi connectivity index (χ3n) is 2.80. The summed E-state index contributed by atoms with van der Waals surface area (Å²) in [4.78, 5) is 25.3. The fourth-order valence-corrected chi connectivity index (χ4v) is 2.40. The number of nitrogens with zero attached hydrogens (tertiary/aromatic N) is 3. The molecule has 2 aromatic rings. The van der Waals surface area contributed by atoms with Gasteiger partial charge in [-0.2, -0.15) is 5.10 Å². The summed E-state index contributed by atoms with van der Waals surface area (Å²) in [6.07, 6.45) is 3.72. The number of amides is 2. The average Bonchev–Trinajstić information content (AvgIpc) is 3.07. The Kier molecular flexibility index (Phi) is 4.94. The molecule has 0 aliphatic carbocycles. The quantitative estimate of drug-likeness (QED) is 0.851. The topological polar surface area (TPSA) is 87.5 Å². The van der Waals surface area contributed by atoms with Crippen molar-refractivity contribution in [2.45, 2.75) is 13.0 Å². The lowest BCUT2D eigenvalue weighted by molar-refractivity contribution is -0.137. The summed E-state index contributed by atoms with van der Waals surface area (Å²) in [5.41, 5.74) is 0.476. The summed E-state index contributed by atoms with van der Waals surface area (Å²) in [7, 11) is 1.71. The molecule has 0 aliphatic rings. The zero-order valence-electron chi connectivity index (χ0n) is 11.5. The van der Waals surface area contributed by atoms with Gasteiger partial charge < -0.3 is 15.3 Å². The molecule has 0 atom stereocenters. The molecule has 0 spiro atoms. The number of anilines is 1. The van der Waals surface area contributed by atoms with Gasteiger partial charge in [0.1, 0.15) is 6.54 Å². The minimum atomic E-state index is -0.982. The molecule has 2 rings (SSSR count). The Morgan fingerprint density at radius 1 is 1.52 bits per heavy atom. The van der Waals surface area contributed by atoms with E-state index in [1.165, 1.54) is 22.0 Å². The predicted molar refractivity (Wildman–Crippen MR) is 79.5 cm³/mol. The van der Waals surface area contributed by atoms with Crippen LogP contribution in [-0.4, -0.2) is 45.4 Å². The molecular weight excluding hydrogens is 292 g/mol. The van der Waals surface area contributed by atoms with Crippen molar-refractivity contribution in [1.82, 2.24) is 14.7 Å². The van der Waals surface area contributed by atoms with Crippen molar-refractivity contribution < 1.29 is 14.7 Å². The molecule has 0 saturated heterocycles. The predicted octanol–water partition coefficient (Wildman–Crippen LogP) is 1.74. The van der Waals surface area contributed by atoms with Crippen LogP contribution in [0.25, 0.3) is 0 Å². The number of aromatic nitrogens is 2. The van der Waals surface area contributed by atoms with Crippen LogP contribution in [0.3, 0.4) is 0 Å². The number of nitrogens with one attached hydrogen (secondary N) is 1. The number of hydrogen-bond acceptors (Lipinski definition) is 4. The van der Waals surface area contributed by atoms with E-state index in [1.54, 1.807) is 23.3 Å². The second-order valence-electron chi connectivity index (χ2n) is 4.50. The first kappa shape index (κ1) is 15.0. The summed E-state index contributed by atoms with van der Waals surface area (Å²) in [5.74, 6) is -0.982. The van der Waals surface area contributed by atoms with Crippen molar-refractivity contribution in [3.8, 4) is 0 Å². The lowest BCUT2D eigenvalue weighted by Gasteiger charge is -2.16. The summed E-state index contributed by atoms with van der Waals surface area (Å²) in [6, 6.07) is 3.77. The highest BCUT2D eigenvalue weighted by Crippen LogP contribution is 2.10. The van der Waals surface area contributed by atoms with Crippen LogP contribution in [0.4, 0.5) is 10.5 Å². The number of carboxylic acids is 1. The summed E-state index contributed by atoms with van der Waals surface area (Å²) >= 11 is 1.66. The van der Waals surface area contributed by atoms with Gasteiger partial charge in [-0.1, -0.05) is 6.07 Å². The molecule has 0 aliphatic heterocycles. The van der Waals surface area contributed by atoms with Gasteiger partial charge in [0.05, 0.1) is 11.9 Å². The minimum absolute atomic E-state index is 0.232. The first-order chi connectivity index (χ1) is 10.0. The normalized spacial score (nSPS) is 10.3. The third-order valence-corrected chi connectivity index (χ3v) is 3.74. The van der Waals surface area contributed by atoms with E-state index in [1.807, 2.05) is 17.5 Å². The van der Waals surface area contributed by atoms with Gasteiger partial charge in [-0.3, -0.25) is 9.48 Å². The molecule has 0 saturated carbocycles. The van der Waals surface area contributed by atoms with Gasteiger partial charge in [0.2, 0.25) is 0 Å². The van der Waals surface area contributed by atoms with Gasteiger partial charge in [-0.15, -0.1) is 11.3 Å². The summed E-state index contributed by atoms with van der Waals surface area (Å²) < 4.78 is 1.25. The Hall–Kier alpha value is -2.35. The molecule has 0 fully saturated rings. The molecule has 0 unspecified atom stereocenters. The number of carboxylic acid groups (broad SMARTS) is 1. The van der Waals surface area contributed by atoms with Crippen LogP contribution >= 0.6 is 11.3 Å². The fraction of sp³-hybridized carbons (Fsp3) is 0.308. The first-order valence-corrected chi connectivity index (χ1v) is 7.21. The monoisotopic (exact) mass is 308 g/mol. The van der Waals surface area contributed by atoms with E-state index in [0.29, 0.717) is 12.2 Å². The molecule has 7 nitrogen and oxygen atoms in total. The van der Waals surface area contributed by atoms with Crippen LogP contribution < -0.4 is 5.32 Å². The SMILES string of the molecule is CN(CCc1cccs1)C(=O)Nc1cnn(CC(=O)O)c1. The maximum Gasteiger partial charge on any atom is 0.325 e. The summed E-state index contributed by atoms with van der Waals surface area (Å²) in [6.45, 7) is 0.375. The molecule has 8 heteroatoms. The number of aliphatic carboxylic acids is 1. The van der Waals surface area contributed by atoms with Crippen LogP contribution in [-0.2, 0) is 17.8 Å². The highest BCUT2D eigenvalue weighted by atomic mass is 32.1. The molecule has 0 radical (unpaired) electrons. The minimum Gasteiger partial charge on any atom is -0.480 e. The average molecular weight is 308 g/mol. The van der Waals surface area contributed by atoms with Crippen molar-refractivity contribution in [2.75, 3.05) is 18.9 Å². The molecule has 2 amide bonds. The van der Waals surface area contributed by atoms with Gasteiger partial charge in [-0.05, 0) is 17.9 Å². The highest BCUT2D eigenvalue weighted by molar-refractivity contribution is 7.09. The maximum absolute atomic E-state index is 12.0. The second kappa shape index (κ2) is 6.89. The Bertz CT molecular complexity index is 609. The van der Waals surface area contributed by atoms with E-state index in [0.717, 1.165) is 6.42 Å². The molecule has 0 aromatic carbocycles. The Morgan fingerprint density at radius 3 is 3.00 bits per heavy atom. The lowest BCUT2D eigenvalue weighted by Crippen LogP contribution is -2.32. The van der Waals surface area contributed by atoms with Crippen LogP contribution in [0.15, 0.2) is 29.9 Å². The molecule has 0 bridgehead atoms. The maximum atomic E-state index is 12.0. The number of hydrogen-bond donors (Lipinski definition) is 2. The zero-order chi connectivity index (χ0) is 15.2. The van der Waals surface area contributed by atoms with E-state index < -0.39 is 5.97 Å². The van der Waals surface area contributed by atoms with E-state index in [4.69, 9.17) is 5.11 Å². The summed E-state index contributed by atoms with van der Waals surface area (Å²) in [5, 5.41) is 17.2. The molecule has 2 N–H and O–H groups in total. The highest BCUT2D eigenvalue weighted by Gasteiger charge is 2.10. The largest absolute Gasteiger partial charge is 0.480 e. The molecule has 112 valence electrons. The van der Waals surface area contributed by atoms with Crippen LogP contribution in [0, 0.1) is 0 Å². The van der Waals surface area contributed by atoms with Crippen molar-refractivity contribution in [2.24, 2.45) is 0 Å². The number of rotatable bonds is 6. The zero-order valence-corrected chi connectivity index (χ0v) is 12.3. The number of thiophene rings is 1. The smallest absolute Gasteiger partial charge is 0.325 e. The van der Waals surface area contributed by atoms with Crippen molar-refractivity contribution in [3.63, 3.8) is 0 Å². The number of likely N-dealkylation sites (N-methyl/N-ethyl adjacent to an activating group) is 1. The van der Waals surface area contributed by atoms with Crippen molar-refractivity contribution in [3.05, 3.63) is 34.8 Å². The van der Waals surface area contributed by atoms with Gasteiger partial charge in [-0.25, -0.2) is 4.79 Å². The molecular formula is C13H16N4O3S. The Morgan fingerprint density at radius 2 is 2.33 bits per heavy atom. The Labute approximate surface area is 125 Å². The van der Waals surface area contributed by atoms with Gasteiger partial charge in [0.15, 0.2) is 0 Å². The first-order valence-electron chi connectivity index (χ1n) is 6.33. The van der Waals surface area contributed by atoms with Gasteiger partial charge in [0.25, 0.3) is 0 Å². The van der Waals surface area contributed by atoms with E-state index >= 15 is 0 Å². The number of urea groups is 1. The molecule has 21 heavy (non-hydrogen) atoms. The standard InChI is InChI=1S/C13H16N4O3S/c1-16(5-4-11-3-2-6-21-11)13(20)15-10-7-14-17(8-10)9-12(18)19/h2-3,6-8H,4-5,9H2,1H3,(H,15,20)(H,18,19). The van der Waals surface area contributed by atoms with Crippen LogP contribution in [0.5, 0.6) is 0 Å². The van der Waals surface area contributed by atoms with Crippen molar-refractivity contribution >= 4 is 29.0 Å². The van der Waals surface area contributed by atoms with Crippen LogP contribution in [0.1, 0.15) is 4.88 Å². The van der Waals surface area contributed by atoms with Gasteiger partial charge >= 0.3 is 12.0 Å². The van der Waals surface area contributed by atoms with E-state index in [9.17, 15) is 9.59 Å².